The number of hydroxylamine groups is 1. The number of carbonyl (C=O) groups excluding carboxylic acids is 1. The number of aryl methyl sites for hydroxylation is 1. The van der Waals surface area contributed by atoms with Gasteiger partial charge in [-0.1, -0.05) is 0 Å². The lowest BCUT2D eigenvalue weighted by Crippen LogP contribution is -2.18. The van der Waals surface area contributed by atoms with E-state index in [1.165, 1.54) is 24.1 Å². The molecule has 0 unspecified atom stereocenters. The maximum atomic E-state index is 11.4. The summed E-state index contributed by atoms with van der Waals surface area (Å²) in [5.41, 5.74) is 5.86. The molecule has 4 aromatic rings. The first-order chi connectivity index (χ1) is 15.0. The second-order valence-electron chi connectivity index (χ2n) is 6.86. The molecule has 9 heteroatoms. The van der Waals surface area contributed by atoms with Crippen molar-refractivity contribution in [1.82, 2.24) is 10.0 Å². The number of hydrogen-bond donors (Lipinski definition) is 3. The van der Waals surface area contributed by atoms with Crippen molar-refractivity contribution in [2.75, 3.05) is 4.72 Å². The number of non-ortho nitro benzene ring substituents is 1. The van der Waals surface area contributed by atoms with E-state index in [4.69, 9.17) is 5.21 Å². The van der Waals surface area contributed by atoms with Crippen LogP contribution >= 0.6 is 11.9 Å². The van der Waals surface area contributed by atoms with Crippen LogP contribution in [0.25, 0.3) is 22.0 Å². The van der Waals surface area contributed by atoms with Crippen LogP contribution in [0.1, 0.15) is 10.4 Å². The number of nitrogens with zero attached hydrogens (tertiary/aromatic N) is 2. The third-order valence-corrected chi connectivity index (χ3v) is 5.73. The minimum atomic E-state index is -0.558. The van der Waals surface area contributed by atoms with E-state index in [-0.39, 0.29) is 5.69 Å². The average molecular weight is 434 g/mol. The van der Waals surface area contributed by atoms with E-state index in [0.29, 0.717) is 5.56 Å². The van der Waals surface area contributed by atoms with Crippen molar-refractivity contribution < 1.29 is 14.9 Å². The van der Waals surface area contributed by atoms with Gasteiger partial charge in [-0.3, -0.25) is 20.1 Å². The highest BCUT2D eigenvalue weighted by atomic mass is 32.2. The van der Waals surface area contributed by atoms with Gasteiger partial charge in [0, 0.05) is 58.0 Å². The van der Waals surface area contributed by atoms with Gasteiger partial charge in [0.25, 0.3) is 11.6 Å². The molecule has 3 aromatic carbocycles. The van der Waals surface area contributed by atoms with E-state index in [1.54, 1.807) is 41.9 Å². The fourth-order valence-corrected chi connectivity index (χ4v) is 3.94. The number of fused-ring (bicyclic) bond motifs is 1. The van der Waals surface area contributed by atoms with Crippen LogP contribution in [0.5, 0.6) is 0 Å². The second-order valence-corrected chi connectivity index (χ2v) is 7.74. The average Bonchev–Trinajstić information content (AvgIpc) is 3.13. The number of anilines is 1. The van der Waals surface area contributed by atoms with Gasteiger partial charge < -0.3 is 9.29 Å². The zero-order valence-corrected chi connectivity index (χ0v) is 17.2. The van der Waals surface area contributed by atoms with Crippen LogP contribution in [-0.4, -0.2) is 20.6 Å². The van der Waals surface area contributed by atoms with Crippen LogP contribution in [0.2, 0.25) is 0 Å². The van der Waals surface area contributed by atoms with Crippen molar-refractivity contribution in [3.63, 3.8) is 0 Å². The Kier molecular flexibility index (Phi) is 5.61. The monoisotopic (exact) mass is 434 g/mol. The largest absolute Gasteiger partial charge is 0.350 e. The minimum absolute atomic E-state index is 0.0604. The summed E-state index contributed by atoms with van der Waals surface area (Å²) in [6.45, 7) is 0. The van der Waals surface area contributed by atoms with E-state index in [1.807, 2.05) is 36.0 Å². The molecule has 0 radical (unpaired) electrons. The van der Waals surface area contributed by atoms with Crippen LogP contribution in [0.15, 0.2) is 77.8 Å². The molecular weight excluding hydrogens is 416 g/mol. The maximum Gasteiger partial charge on any atom is 0.274 e. The van der Waals surface area contributed by atoms with Gasteiger partial charge >= 0.3 is 0 Å². The summed E-state index contributed by atoms with van der Waals surface area (Å²) in [7, 11) is 1.96. The first-order valence-corrected chi connectivity index (χ1v) is 10.1. The fraction of sp³-hybridized carbons (Fsp3) is 0.0455. The zero-order valence-electron chi connectivity index (χ0n) is 16.4. The first kappa shape index (κ1) is 20.5. The van der Waals surface area contributed by atoms with Crippen molar-refractivity contribution in [2.24, 2.45) is 7.05 Å². The fourth-order valence-electron chi connectivity index (χ4n) is 3.31. The number of benzene rings is 3. The third kappa shape index (κ3) is 4.23. The van der Waals surface area contributed by atoms with Crippen molar-refractivity contribution in [3.8, 4) is 11.1 Å². The summed E-state index contributed by atoms with van der Waals surface area (Å²) in [4.78, 5) is 22.8. The number of nitro benzene ring substituents is 1. The number of hydrogen-bond acceptors (Lipinski definition) is 6. The topological polar surface area (TPSA) is 109 Å². The molecule has 1 heterocycles. The predicted molar refractivity (Wildman–Crippen MR) is 120 cm³/mol. The third-order valence-electron chi connectivity index (χ3n) is 4.88. The molecule has 0 aliphatic carbocycles. The molecule has 0 spiro atoms. The molecule has 156 valence electrons. The highest BCUT2D eigenvalue weighted by Crippen LogP contribution is 2.34. The Morgan fingerprint density at radius 3 is 2.42 bits per heavy atom. The van der Waals surface area contributed by atoms with Crippen molar-refractivity contribution in [2.45, 2.75) is 4.90 Å². The lowest BCUT2D eigenvalue weighted by Gasteiger charge is -2.07. The molecule has 0 aliphatic heterocycles. The van der Waals surface area contributed by atoms with E-state index >= 15 is 0 Å². The molecule has 4 rings (SSSR count). The van der Waals surface area contributed by atoms with Crippen molar-refractivity contribution in [3.05, 3.63) is 88.6 Å². The van der Waals surface area contributed by atoms with Gasteiger partial charge in [-0.05, 0) is 72.1 Å². The molecule has 0 bridgehead atoms. The van der Waals surface area contributed by atoms with Crippen LogP contribution in [0, 0.1) is 10.1 Å². The van der Waals surface area contributed by atoms with E-state index in [2.05, 4.69) is 4.72 Å². The second kappa shape index (κ2) is 8.50. The Bertz CT molecular complexity index is 1270. The van der Waals surface area contributed by atoms with Gasteiger partial charge in [0.1, 0.15) is 0 Å². The van der Waals surface area contributed by atoms with E-state index in [9.17, 15) is 14.9 Å². The number of aromatic nitrogens is 1. The highest BCUT2D eigenvalue weighted by molar-refractivity contribution is 8.00. The van der Waals surface area contributed by atoms with Crippen LogP contribution in [0.4, 0.5) is 11.4 Å². The molecule has 31 heavy (non-hydrogen) atoms. The SMILES string of the molecule is Cn1cc(-c2ccc([N+](=O)[O-])cc2)c2cc(NSc3ccc(C(=O)NO)cc3)ccc21. The van der Waals surface area contributed by atoms with E-state index in [0.717, 1.165) is 32.6 Å². The van der Waals surface area contributed by atoms with Crippen molar-refractivity contribution in [1.29, 1.82) is 0 Å². The van der Waals surface area contributed by atoms with Gasteiger partial charge in [-0.15, -0.1) is 0 Å². The molecule has 0 saturated heterocycles. The summed E-state index contributed by atoms with van der Waals surface area (Å²) in [5.74, 6) is -0.558. The standard InChI is InChI=1S/C22H18N4O4S/c1-25-13-20(14-2-7-17(8-3-14)26(29)30)19-12-16(6-11-21(19)25)24-31-18-9-4-15(5-10-18)22(27)23-28/h2-13,24,28H,1H3,(H,23,27). The van der Waals surface area contributed by atoms with Crippen molar-refractivity contribution >= 4 is 40.1 Å². The molecule has 1 aromatic heterocycles. The van der Waals surface area contributed by atoms with E-state index < -0.39 is 10.8 Å². The van der Waals surface area contributed by atoms with Gasteiger partial charge in [0.2, 0.25) is 0 Å². The summed E-state index contributed by atoms with van der Waals surface area (Å²) < 4.78 is 5.32. The summed E-state index contributed by atoms with van der Waals surface area (Å²) >= 11 is 1.40. The molecule has 0 atom stereocenters. The number of nitro groups is 1. The van der Waals surface area contributed by atoms with Crippen LogP contribution in [-0.2, 0) is 7.05 Å². The summed E-state index contributed by atoms with van der Waals surface area (Å²) in [5, 5.41) is 20.6. The molecule has 8 nitrogen and oxygen atoms in total. The Morgan fingerprint density at radius 1 is 1.06 bits per heavy atom. The predicted octanol–water partition coefficient (Wildman–Crippen LogP) is 4.99. The smallest absolute Gasteiger partial charge is 0.274 e. The Hall–Kier alpha value is -3.82. The van der Waals surface area contributed by atoms with Gasteiger partial charge in [0.05, 0.1) is 4.92 Å². The maximum absolute atomic E-state index is 11.4. The molecular formula is C22H18N4O4S. The first-order valence-electron chi connectivity index (χ1n) is 9.27. The quantitative estimate of drug-likeness (QED) is 0.171. The van der Waals surface area contributed by atoms with Crippen LogP contribution < -0.4 is 10.2 Å². The van der Waals surface area contributed by atoms with Gasteiger partial charge in [0.15, 0.2) is 0 Å². The van der Waals surface area contributed by atoms with Gasteiger partial charge in [-0.2, -0.15) is 0 Å². The molecule has 3 N–H and O–H groups in total. The summed E-state index contributed by atoms with van der Waals surface area (Å²) in [6.07, 6.45) is 2.01. The lowest BCUT2D eigenvalue weighted by molar-refractivity contribution is -0.384. The number of nitrogens with one attached hydrogen (secondary N) is 2. The van der Waals surface area contributed by atoms with Gasteiger partial charge in [-0.25, -0.2) is 5.48 Å². The number of amides is 1. The minimum Gasteiger partial charge on any atom is -0.350 e. The molecule has 0 aliphatic rings. The summed E-state index contributed by atoms with van der Waals surface area (Å²) in [6, 6.07) is 19.4. The lowest BCUT2D eigenvalue weighted by atomic mass is 10.0. The normalized spacial score (nSPS) is 10.8. The zero-order chi connectivity index (χ0) is 22.0. The Morgan fingerprint density at radius 2 is 1.77 bits per heavy atom. The highest BCUT2D eigenvalue weighted by Gasteiger charge is 2.12. The Balaban J connectivity index is 1.58. The molecule has 0 fully saturated rings. The Labute approximate surface area is 181 Å². The number of carbonyl (C=O) groups is 1. The molecule has 0 saturated carbocycles. The van der Waals surface area contributed by atoms with Crippen LogP contribution in [0.3, 0.4) is 0 Å². The molecule has 1 amide bonds. The number of rotatable bonds is 6.